The number of hydrogen-bond acceptors (Lipinski definition) is 7. The van der Waals surface area contributed by atoms with Gasteiger partial charge in [-0.15, -0.1) is 21.5 Å². The maximum absolute atomic E-state index is 12.2. The number of thioether (sulfide) groups is 1. The Labute approximate surface area is 177 Å². The van der Waals surface area contributed by atoms with Crippen molar-refractivity contribution in [3.8, 4) is 10.8 Å². The first-order chi connectivity index (χ1) is 14.3. The number of aromatic nitrogens is 2. The van der Waals surface area contributed by atoms with Crippen LogP contribution in [0.5, 0.6) is 0 Å². The van der Waals surface area contributed by atoms with E-state index < -0.39 is 0 Å². The van der Waals surface area contributed by atoms with Gasteiger partial charge in [0.15, 0.2) is 0 Å². The Hall–Kier alpha value is -2.20. The first-order valence-corrected chi connectivity index (χ1v) is 11.4. The molecule has 29 heavy (non-hydrogen) atoms. The molecule has 1 fully saturated rings. The summed E-state index contributed by atoms with van der Waals surface area (Å²) in [6.07, 6.45) is 0.0326. The van der Waals surface area contributed by atoms with Crippen LogP contribution in [0.25, 0.3) is 10.8 Å². The molecular formula is C20H23N4O3S2+. The zero-order chi connectivity index (χ0) is 19.9. The Morgan fingerprint density at radius 3 is 2.97 bits per heavy atom. The minimum atomic E-state index is -0.0651. The van der Waals surface area contributed by atoms with Crippen LogP contribution in [0.15, 0.2) is 57.5 Å². The lowest BCUT2D eigenvalue weighted by atomic mass is 10.2. The van der Waals surface area contributed by atoms with Crippen LogP contribution in [-0.4, -0.2) is 54.2 Å². The van der Waals surface area contributed by atoms with Crippen molar-refractivity contribution in [1.29, 1.82) is 0 Å². The second-order valence-corrected chi connectivity index (χ2v) is 8.68. The van der Waals surface area contributed by atoms with Gasteiger partial charge in [-0.3, -0.25) is 4.79 Å². The van der Waals surface area contributed by atoms with Gasteiger partial charge in [-0.05, 0) is 11.4 Å². The first-order valence-electron chi connectivity index (χ1n) is 9.52. The molecule has 2 aromatic heterocycles. The van der Waals surface area contributed by atoms with E-state index in [4.69, 9.17) is 9.15 Å². The molecule has 3 aromatic rings. The summed E-state index contributed by atoms with van der Waals surface area (Å²) >= 11 is 2.78. The lowest BCUT2D eigenvalue weighted by molar-refractivity contribution is -0.925. The number of benzene rings is 1. The van der Waals surface area contributed by atoms with Gasteiger partial charge in [0, 0.05) is 12.1 Å². The minimum Gasteiger partial charge on any atom is -0.410 e. The molecule has 3 heterocycles. The van der Waals surface area contributed by atoms with Crippen molar-refractivity contribution in [3.05, 3.63) is 53.4 Å². The van der Waals surface area contributed by atoms with Gasteiger partial charge in [0.05, 0.1) is 17.2 Å². The van der Waals surface area contributed by atoms with Gasteiger partial charge >= 0.3 is 0 Å². The molecule has 9 heteroatoms. The van der Waals surface area contributed by atoms with Crippen LogP contribution in [0.3, 0.4) is 0 Å². The maximum atomic E-state index is 12.2. The smallest absolute Gasteiger partial charge is 0.277 e. The van der Waals surface area contributed by atoms with Crippen LogP contribution < -0.4 is 10.2 Å². The summed E-state index contributed by atoms with van der Waals surface area (Å²) in [7, 11) is 0. The van der Waals surface area contributed by atoms with Crippen LogP contribution in [0.4, 0.5) is 0 Å². The van der Waals surface area contributed by atoms with Gasteiger partial charge in [-0.1, -0.05) is 48.2 Å². The third kappa shape index (κ3) is 5.89. The normalized spacial score (nSPS) is 19.2. The predicted octanol–water partition coefficient (Wildman–Crippen LogP) is 1.49. The first kappa shape index (κ1) is 20.1. The molecular weight excluding hydrogens is 408 g/mol. The number of nitrogens with one attached hydrogen (secondary N) is 2. The SMILES string of the molecule is O=C(CSc1nnc(-c2cccs2)o1)NC[C@H]1C[NH+](Cc2ccccc2)CCO1. The van der Waals surface area contributed by atoms with Crippen LogP contribution in [0.1, 0.15) is 5.56 Å². The van der Waals surface area contributed by atoms with Crippen LogP contribution in [0.2, 0.25) is 0 Å². The molecule has 1 saturated heterocycles. The third-order valence-corrected chi connectivity index (χ3v) is 6.29. The standard InChI is InChI=1S/C20H22N4O3S2/c25-18(14-29-20-23-22-19(27-20)17-7-4-10-28-17)21-11-16-13-24(8-9-26-16)12-15-5-2-1-3-6-15/h1-7,10,16H,8-9,11-14H2,(H,21,25)/p+1/t16-/m0/s1. The fourth-order valence-electron chi connectivity index (χ4n) is 3.20. The number of rotatable bonds is 8. The molecule has 1 unspecified atom stereocenters. The molecule has 152 valence electrons. The zero-order valence-electron chi connectivity index (χ0n) is 15.9. The molecule has 0 spiro atoms. The second-order valence-electron chi connectivity index (χ2n) is 6.80. The Kier molecular flexibility index (Phi) is 6.94. The molecule has 7 nitrogen and oxygen atoms in total. The maximum Gasteiger partial charge on any atom is 0.277 e. The van der Waals surface area contributed by atoms with Crippen LogP contribution in [0, 0.1) is 0 Å². The van der Waals surface area contributed by atoms with Gasteiger partial charge in [0.25, 0.3) is 11.1 Å². The molecule has 1 aromatic carbocycles. The van der Waals surface area contributed by atoms with Gasteiger partial charge < -0.3 is 19.4 Å². The number of quaternary nitrogens is 1. The summed E-state index contributed by atoms with van der Waals surface area (Å²) < 4.78 is 11.4. The highest BCUT2D eigenvalue weighted by atomic mass is 32.2. The van der Waals surface area contributed by atoms with Crippen molar-refractivity contribution in [2.45, 2.75) is 17.9 Å². The highest BCUT2D eigenvalue weighted by Crippen LogP contribution is 2.26. The average molecular weight is 432 g/mol. The summed E-state index contributed by atoms with van der Waals surface area (Å²) in [5.74, 6) is 0.656. The lowest BCUT2D eigenvalue weighted by Crippen LogP contribution is -3.13. The van der Waals surface area contributed by atoms with E-state index in [0.29, 0.717) is 24.3 Å². The molecule has 0 bridgehead atoms. The Morgan fingerprint density at radius 2 is 2.14 bits per heavy atom. The number of carbonyl (C=O) groups excluding carboxylic acids is 1. The van der Waals surface area contributed by atoms with E-state index in [1.165, 1.54) is 33.6 Å². The molecule has 2 N–H and O–H groups in total. The minimum absolute atomic E-state index is 0.0326. The quantitative estimate of drug-likeness (QED) is 0.526. The molecule has 0 saturated carbocycles. The van der Waals surface area contributed by atoms with Crippen LogP contribution in [-0.2, 0) is 16.1 Å². The summed E-state index contributed by atoms with van der Waals surface area (Å²) in [6.45, 7) is 4.08. The van der Waals surface area contributed by atoms with E-state index >= 15 is 0 Å². The Morgan fingerprint density at radius 1 is 1.24 bits per heavy atom. The fourth-order valence-corrected chi connectivity index (χ4v) is 4.44. The van der Waals surface area contributed by atoms with E-state index in [0.717, 1.165) is 24.5 Å². The number of nitrogens with zero attached hydrogens (tertiary/aromatic N) is 2. The van der Waals surface area contributed by atoms with Crippen molar-refractivity contribution < 1.29 is 18.8 Å². The Bertz CT molecular complexity index is 902. The van der Waals surface area contributed by atoms with Crippen molar-refractivity contribution in [3.63, 3.8) is 0 Å². The van der Waals surface area contributed by atoms with Gasteiger partial charge in [-0.2, -0.15) is 0 Å². The van der Waals surface area contributed by atoms with Gasteiger partial charge in [0.1, 0.15) is 25.7 Å². The van der Waals surface area contributed by atoms with E-state index in [1.807, 2.05) is 23.6 Å². The number of carbonyl (C=O) groups is 1. The number of amides is 1. The van der Waals surface area contributed by atoms with Crippen molar-refractivity contribution in [1.82, 2.24) is 15.5 Å². The molecule has 2 atom stereocenters. The monoisotopic (exact) mass is 431 g/mol. The van der Waals surface area contributed by atoms with E-state index in [2.05, 4.69) is 39.8 Å². The summed E-state index contributed by atoms with van der Waals surface area (Å²) in [6, 6.07) is 14.3. The number of hydrogen-bond donors (Lipinski definition) is 2. The molecule has 0 radical (unpaired) electrons. The summed E-state index contributed by atoms with van der Waals surface area (Å²) in [5, 5.41) is 13.3. The highest BCUT2D eigenvalue weighted by Gasteiger charge is 2.24. The molecule has 1 amide bonds. The molecule has 1 aliphatic heterocycles. The summed E-state index contributed by atoms with van der Waals surface area (Å²) in [5.41, 5.74) is 1.32. The van der Waals surface area contributed by atoms with E-state index in [-0.39, 0.29) is 17.8 Å². The van der Waals surface area contributed by atoms with Crippen LogP contribution >= 0.6 is 23.1 Å². The zero-order valence-corrected chi connectivity index (χ0v) is 17.5. The second kappa shape index (κ2) is 10.0. The average Bonchev–Trinajstić information content (AvgIpc) is 3.43. The lowest BCUT2D eigenvalue weighted by Gasteiger charge is -2.30. The number of morpholine rings is 1. The Balaban J connectivity index is 1.18. The van der Waals surface area contributed by atoms with Gasteiger partial charge in [-0.25, -0.2) is 0 Å². The number of thiophene rings is 1. The topological polar surface area (TPSA) is 81.7 Å². The van der Waals surface area contributed by atoms with Gasteiger partial charge in [0.2, 0.25) is 5.91 Å². The van der Waals surface area contributed by atoms with E-state index in [1.54, 1.807) is 0 Å². The van der Waals surface area contributed by atoms with Crippen molar-refractivity contribution >= 4 is 29.0 Å². The summed E-state index contributed by atoms with van der Waals surface area (Å²) in [4.78, 5) is 14.6. The van der Waals surface area contributed by atoms with E-state index in [9.17, 15) is 4.79 Å². The molecule has 0 aliphatic carbocycles. The number of ether oxygens (including phenoxy) is 1. The highest BCUT2D eigenvalue weighted by molar-refractivity contribution is 7.99. The predicted molar refractivity (Wildman–Crippen MR) is 112 cm³/mol. The van der Waals surface area contributed by atoms with Crippen molar-refractivity contribution in [2.75, 3.05) is 32.0 Å². The molecule has 1 aliphatic rings. The molecule has 4 rings (SSSR count). The fraction of sp³-hybridized carbons (Fsp3) is 0.350. The van der Waals surface area contributed by atoms with Crippen molar-refractivity contribution in [2.24, 2.45) is 0 Å². The largest absolute Gasteiger partial charge is 0.410 e. The third-order valence-electron chi connectivity index (χ3n) is 4.61.